The summed E-state index contributed by atoms with van der Waals surface area (Å²) in [4.78, 5) is 29.4. The standard InChI is InChI=1S/C26H30N2O3/c29-25-12-6-11-23-20-14-21(24(28(23)25)13-18-7-2-1-3-8-18)17-27(16-20)15-19-9-4-5-10-22(19)26(30)31/h1-5,7-10,20-21,23-24H,6,11-17H2,(H,30,31)/t20-,21+,23+,24+/m1/s1. The van der Waals surface area contributed by atoms with Gasteiger partial charge in [0.1, 0.15) is 0 Å². The molecule has 3 heterocycles. The van der Waals surface area contributed by atoms with Crippen molar-refractivity contribution in [1.82, 2.24) is 9.80 Å². The molecule has 1 amide bonds. The van der Waals surface area contributed by atoms with Gasteiger partial charge in [-0.3, -0.25) is 9.69 Å². The molecule has 2 aromatic rings. The van der Waals surface area contributed by atoms with Gasteiger partial charge in [-0.2, -0.15) is 0 Å². The van der Waals surface area contributed by atoms with Gasteiger partial charge in [-0.1, -0.05) is 48.5 Å². The highest BCUT2D eigenvalue weighted by Crippen LogP contribution is 2.43. The molecule has 3 aliphatic heterocycles. The highest BCUT2D eigenvalue weighted by atomic mass is 16.4. The van der Waals surface area contributed by atoms with Gasteiger partial charge in [-0.05, 0) is 54.7 Å². The average molecular weight is 419 g/mol. The van der Waals surface area contributed by atoms with Gasteiger partial charge in [0.2, 0.25) is 5.91 Å². The number of hydrogen-bond acceptors (Lipinski definition) is 3. The number of likely N-dealkylation sites (tertiary alicyclic amines) is 1. The summed E-state index contributed by atoms with van der Waals surface area (Å²) in [6.45, 7) is 2.52. The van der Waals surface area contributed by atoms with E-state index in [0.717, 1.165) is 37.9 Å². The minimum atomic E-state index is -0.862. The zero-order valence-electron chi connectivity index (χ0n) is 17.8. The lowest BCUT2D eigenvalue weighted by molar-refractivity contribution is -0.152. The molecule has 0 spiro atoms. The third kappa shape index (κ3) is 3.99. The first-order valence-corrected chi connectivity index (χ1v) is 11.5. The largest absolute Gasteiger partial charge is 0.478 e. The van der Waals surface area contributed by atoms with Crippen molar-refractivity contribution in [3.05, 3.63) is 71.3 Å². The summed E-state index contributed by atoms with van der Waals surface area (Å²) in [6, 6.07) is 18.4. The maximum atomic E-state index is 13.0. The Morgan fingerprint density at radius 1 is 1.00 bits per heavy atom. The topological polar surface area (TPSA) is 60.9 Å². The molecule has 0 aromatic heterocycles. The molecule has 5 rings (SSSR count). The SMILES string of the molecule is O=C(O)c1ccccc1CN1C[C@H]2C[C@@H](C1)[C@H](Cc1ccccc1)N1C(=O)CCC[C@@H]21. The van der Waals surface area contributed by atoms with Crippen LogP contribution in [-0.4, -0.2) is 52.0 Å². The molecule has 3 saturated heterocycles. The van der Waals surface area contributed by atoms with Gasteiger partial charge in [-0.15, -0.1) is 0 Å². The van der Waals surface area contributed by atoms with Crippen molar-refractivity contribution in [3.8, 4) is 0 Å². The van der Waals surface area contributed by atoms with Crippen molar-refractivity contribution in [2.75, 3.05) is 13.1 Å². The number of carbonyl (C=O) groups is 2. The first-order chi connectivity index (χ1) is 15.1. The van der Waals surface area contributed by atoms with Crippen LogP contribution in [0.15, 0.2) is 54.6 Å². The van der Waals surface area contributed by atoms with Gasteiger partial charge in [0.05, 0.1) is 5.56 Å². The van der Waals surface area contributed by atoms with E-state index >= 15 is 0 Å². The van der Waals surface area contributed by atoms with Crippen LogP contribution in [0.2, 0.25) is 0 Å². The van der Waals surface area contributed by atoms with Gasteiger partial charge in [0.25, 0.3) is 0 Å². The van der Waals surface area contributed by atoms with E-state index in [4.69, 9.17) is 0 Å². The minimum absolute atomic E-state index is 0.231. The van der Waals surface area contributed by atoms with Crippen molar-refractivity contribution in [2.45, 2.75) is 50.7 Å². The molecule has 5 nitrogen and oxygen atoms in total. The number of aromatic carboxylic acids is 1. The van der Waals surface area contributed by atoms with Gasteiger partial charge in [0.15, 0.2) is 0 Å². The van der Waals surface area contributed by atoms with Crippen LogP contribution < -0.4 is 0 Å². The number of rotatable bonds is 5. The van der Waals surface area contributed by atoms with E-state index in [2.05, 4.69) is 34.1 Å². The minimum Gasteiger partial charge on any atom is -0.478 e. The molecule has 0 aliphatic carbocycles. The van der Waals surface area contributed by atoms with Crippen molar-refractivity contribution in [3.63, 3.8) is 0 Å². The smallest absolute Gasteiger partial charge is 0.336 e. The average Bonchev–Trinajstić information content (AvgIpc) is 2.78. The van der Waals surface area contributed by atoms with Crippen molar-refractivity contribution < 1.29 is 14.7 Å². The number of carboxylic acids is 1. The number of carboxylic acid groups (broad SMARTS) is 1. The number of carbonyl (C=O) groups excluding carboxylic acids is 1. The monoisotopic (exact) mass is 418 g/mol. The van der Waals surface area contributed by atoms with E-state index in [9.17, 15) is 14.7 Å². The van der Waals surface area contributed by atoms with Crippen LogP contribution >= 0.6 is 0 Å². The Labute approximate surface area is 183 Å². The maximum absolute atomic E-state index is 13.0. The fraction of sp³-hybridized carbons (Fsp3) is 0.462. The summed E-state index contributed by atoms with van der Waals surface area (Å²) >= 11 is 0. The van der Waals surface area contributed by atoms with E-state index in [1.54, 1.807) is 12.1 Å². The quantitative estimate of drug-likeness (QED) is 0.802. The van der Waals surface area contributed by atoms with E-state index in [0.29, 0.717) is 42.3 Å². The second kappa shape index (κ2) is 8.46. The van der Waals surface area contributed by atoms with Crippen LogP contribution in [-0.2, 0) is 17.8 Å². The van der Waals surface area contributed by atoms with Crippen LogP contribution in [0.3, 0.4) is 0 Å². The summed E-state index contributed by atoms with van der Waals surface area (Å²) in [5.41, 5.74) is 2.57. The Hall–Kier alpha value is -2.66. The number of amides is 1. The van der Waals surface area contributed by atoms with Crippen molar-refractivity contribution >= 4 is 11.9 Å². The second-order valence-corrected chi connectivity index (χ2v) is 9.43. The number of nitrogens with zero attached hydrogens (tertiary/aromatic N) is 2. The summed E-state index contributed by atoms with van der Waals surface area (Å²) in [5.74, 6) is 0.372. The van der Waals surface area contributed by atoms with Crippen LogP contribution in [0.4, 0.5) is 0 Å². The molecule has 3 fully saturated rings. The first kappa shape index (κ1) is 20.3. The molecule has 162 valence electrons. The van der Waals surface area contributed by atoms with E-state index in [-0.39, 0.29) is 6.04 Å². The maximum Gasteiger partial charge on any atom is 0.336 e. The zero-order chi connectivity index (χ0) is 21.4. The zero-order valence-corrected chi connectivity index (χ0v) is 17.8. The summed E-state index contributed by atoms with van der Waals surface area (Å²) in [5, 5.41) is 9.58. The van der Waals surface area contributed by atoms with Gasteiger partial charge in [-0.25, -0.2) is 4.79 Å². The van der Waals surface area contributed by atoms with E-state index in [1.807, 2.05) is 18.2 Å². The summed E-state index contributed by atoms with van der Waals surface area (Å²) in [6.07, 6.45) is 4.83. The summed E-state index contributed by atoms with van der Waals surface area (Å²) < 4.78 is 0. The second-order valence-electron chi connectivity index (χ2n) is 9.43. The lowest BCUT2D eigenvalue weighted by Crippen LogP contribution is -2.65. The molecule has 5 heteroatoms. The number of fused-ring (bicyclic) bond motifs is 4. The van der Waals surface area contributed by atoms with Crippen LogP contribution in [0.25, 0.3) is 0 Å². The molecule has 1 N–H and O–H groups in total. The highest BCUT2D eigenvalue weighted by Gasteiger charge is 2.49. The first-order valence-electron chi connectivity index (χ1n) is 11.5. The number of benzene rings is 2. The van der Waals surface area contributed by atoms with E-state index in [1.165, 1.54) is 12.0 Å². The van der Waals surface area contributed by atoms with Gasteiger partial charge >= 0.3 is 5.97 Å². The van der Waals surface area contributed by atoms with Crippen LogP contribution in [0.5, 0.6) is 0 Å². The third-order valence-corrected chi connectivity index (χ3v) is 7.50. The molecule has 2 aromatic carbocycles. The molecule has 4 atom stereocenters. The molecule has 31 heavy (non-hydrogen) atoms. The van der Waals surface area contributed by atoms with E-state index < -0.39 is 5.97 Å². The number of piperidine rings is 3. The van der Waals surface area contributed by atoms with Crippen LogP contribution in [0, 0.1) is 11.8 Å². The highest BCUT2D eigenvalue weighted by molar-refractivity contribution is 5.89. The molecule has 0 saturated carbocycles. The Bertz CT molecular complexity index is 960. The summed E-state index contributed by atoms with van der Waals surface area (Å²) in [7, 11) is 0. The molecule has 0 unspecified atom stereocenters. The Balaban J connectivity index is 1.41. The molecular weight excluding hydrogens is 388 g/mol. The van der Waals surface area contributed by atoms with Crippen LogP contribution in [0.1, 0.15) is 47.2 Å². The Morgan fingerprint density at radius 2 is 1.74 bits per heavy atom. The normalized spacial score (nSPS) is 28.3. The predicted octanol–water partition coefficient (Wildman–Crippen LogP) is 3.83. The third-order valence-electron chi connectivity index (χ3n) is 7.50. The molecule has 2 bridgehead atoms. The predicted molar refractivity (Wildman–Crippen MR) is 119 cm³/mol. The van der Waals surface area contributed by atoms with Crippen molar-refractivity contribution in [2.24, 2.45) is 11.8 Å². The van der Waals surface area contributed by atoms with Gasteiger partial charge in [0, 0.05) is 38.1 Å². The fourth-order valence-electron chi connectivity index (χ4n) is 6.23. The lowest BCUT2D eigenvalue weighted by atomic mass is 9.70. The molecule has 3 aliphatic rings. The number of hydrogen-bond donors (Lipinski definition) is 1. The lowest BCUT2D eigenvalue weighted by Gasteiger charge is -2.57. The Morgan fingerprint density at radius 3 is 2.55 bits per heavy atom. The fourth-order valence-corrected chi connectivity index (χ4v) is 6.23. The van der Waals surface area contributed by atoms with Gasteiger partial charge < -0.3 is 10.0 Å². The van der Waals surface area contributed by atoms with Crippen molar-refractivity contribution in [1.29, 1.82) is 0 Å². The Kier molecular flexibility index (Phi) is 5.53. The molecular formula is C26H30N2O3. The molecule has 0 radical (unpaired) electrons.